The predicted molar refractivity (Wildman–Crippen MR) is 71.1 cm³/mol. The number of rotatable bonds is 1. The van der Waals surface area contributed by atoms with E-state index in [4.69, 9.17) is 11.6 Å². The number of benzene rings is 1. The van der Waals surface area contributed by atoms with Crippen molar-refractivity contribution in [1.82, 2.24) is 10.7 Å². The quantitative estimate of drug-likeness (QED) is 0.815. The van der Waals surface area contributed by atoms with Gasteiger partial charge in [-0.3, -0.25) is 9.59 Å². The number of nitrogens with zero attached hydrogens (tertiary/aromatic N) is 1. The van der Waals surface area contributed by atoms with Crippen LogP contribution < -0.4 is 10.7 Å². The van der Waals surface area contributed by atoms with E-state index < -0.39 is 0 Å². The van der Waals surface area contributed by atoms with Crippen LogP contribution in [0, 0.1) is 5.92 Å². The second-order valence-corrected chi connectivity index (χ2v) is 5.22. The van der Waals surface area contributed by atoms with E-state index in [0.29, 0.717) is 23.6 Å². The number of hydrazone groups is 1. The molecule has 98 valence electrons. The third-order valence-electron chi connectivity index (χ3n) is 3.39. The van der Waals surface area contributed by atoms with Gasteiger partial charge in [0.1, 0.15) is 0 Å². The molecule has 2 amide bonds. The molecule has 0 fully saturated rings. The highest BCUT2D eigenvalue weighted by Gasteiger charge is 2.26. The first-order chi connectivity index (χ1) is 9.06. The van der Waals surface area contributed by atoms with Crippen molar-refractivity contribution in [1.29, 1.82) is 0 Å². The topological polar surface area (TPSA) is 70.6 Å². The van der Waals surface area contributed by atoms with Gasteiger partial charge in [-0.15, -0.1) is 0 Å². The first-order valence-electron chi connectivity index (χ1n) is 6.03. The van der Waals surface area contributed by atoms with E-state index in [2.05, 4.69) is 15.8 Å². The lowest BCUT2D eigenvalue weighted by molar-refractivity contribution is -0.121. The van der Waals surface area contributed by atoms with Crippen LogP contribution in [0.4, 0.5) is 0 Å². The molecular formula is C13H12ClN3O2. The van der Waals surface area contributed by atoms with Gasteiger partial charge in [-0.2, -0.15) is 5.10 Å². The van der Waals surface area contributed by atoms with Crippen LogP contribution in [0.1, 0.15) is 34.8 Å². The number of hydrogen-bond acceptors (Lipinski definition) is 3. The van der Waals surface area contributed by atoms with E-state index in [0.717, 1.165) is 16.8 Å². The molecule has 0 aromatic heterocycles. The minimum absolute atomic E-state index is 0.0351. The number of carbonyl (C=O) groups is 2. The summed E-state index contributed by atoms with van der Waals surface area (Å²) in [5.74, 6) is -0.188. The smallest absolute Gasteiger partial charge is 0.253 e. The Kier molecular flexibility index (Phi) is 2.78. The third kappa shape index (κ3) is 2.00. The van der Waals surface area contributed by atoms with Crippen molar-refractivity contribution >= 4 is 29.1 Å². The standard InChI is InChI=1S/C13H12ClN3O2/c1-6-2-10(18)16-17-12(6)7-3-8-5-15-13(19)11(8)9(14)4-7/h3-4,6H,2,5H2,1H3,(H,15,19)(H,16,18). The van der Waals surface area contributed by atoms with E-state index >= 15 is 0 Å². The number of hydrogen-bond donors (Lipinski definition) is 2. The van der Waals surface area contributed by atoms with Gasteiger partial charge in [0.15, 0.2) is 0 Å². The molecule has 2 heterocycles. The van der Waals surface area contributed by atoms with Crippen molar-refractivity contribution < 1.29 is 9.59 Å². The average molecular weight is 278 g/mol. The van der Waals surface area contributed by atoms with Crippen LogP contribution in [0.15, 0.2) is 17.2 Å². The van der Waals surface area contributed by atoms with Gasteiger partial charge in [0.25, 0.3) is 5.91 Å². The number of nitrogens with one attached hydrogen (secondary N) is 2. The Bertz CT molecular complexity index is 625. The van der Waals surface area contributed by atoms with E-state index in [1.807, 2.05) is 13.0 Å². The molecular weight excluding hydrogens is 266 g/mol. The molecule has 2 aliphatic heterocycles. The monoisotopic (exact) mass is 277 g/mol. The number of halogens is 1. The SMILES string of the molecule is CC1CC(=O)NN=C1c1cc(Cl)c2c(c1)CNC2=O. The first kappa shape index (κ1) is 12.2. The summed E-state index contributed by atoms with van der Waals surface area (Å²) in [6.07, 6.45) is 0.407. The average Bonchev–Trinajstić information content (AvgIpc) is 2.71. The van der Waals surface area contributed by atoms with E-state index in [1.165, 1.54) is 0 Å². The number of carbonyl (C=O) groups excluding carboxylic acids is 2. The molecule has 3 rings (SSSR count). The van der Waals surface area contributed by atoms with Crippen LogP contribution in [0.25, 0.3) is 0 Å². The zero-order valence-corrected chi connectivity index (χ0v) is 11.0. The first-order valence-corrected chi connectivity index (χ1v) is 6.41. The molecule has 6 heteroatoms. The second kappa shape index (κ2) is 4.35. The molecule has 0 radical (unpaired) electrons. The molecule has 0 aliphatic carbocycles. The van der Waals surface area contributed by atoms with Crippen LogP contribution in [0.5, 0.6) is 0 Å². The van der Waals surface area contributed by atoms with Crippen LogP contribution >= 0.6 is 11.6 Å². The van der Waals surface area contributed by atoms with Crippen molar-refractivity contribution in [3.8, 4) is 0 Å². The highest BCUT2D eigenvalue weighted by molar-refractivity contribution is 6.34. The molecule has 1 aromatic carbocycles. The molecule has 1 aromatic rings. The summed E-state index contributed by atoms with van der Waals surface area (Å²) in [4.78, 5) is 22.8. The highest BCUT2D eigenvalue weighted by Crippen LogP contribution is 2.28. The molecule has 5 nitrogen and oxygen atoms in total. The summed E-state index contributed by atoms with van der Waals surface area (Å²) in [6, 6.07) is 3.64. The summed E-state index contributed by atoms with van der Waals surface area (Å²) in [7, 11) is 0. The van der Waals surface area contributed by atoms with Gasteiger partial charge >= 0.3 is 0 Å². The van der Waals surface area contributed by atoms with Gasteiger partial charge in [0, 0.05) is 18.9 Å². The van der Waals surface area contributed by atoms with Crippen LogP contribution in [0.3, 0.4) is 0 Å². The van der Waals surface area contributed by atoms with Gasteiger partial charge in [-0.05, 0) is 23.3 Å². The van der Waals surface area contributed by atoms with Crippen molar-refractivity contribution in [3.05, 3.63) is 33.8 Å². The lowest BCUT2D eigenvalue weighted by Crippen LogP contribution is -2.32. The van der Waals surface area contributed by atoms with E-state index in [-0.39, 0.29) is 17.7 Å². The Hall–Kier alpha value is -1.88. The second-order valence-electron chi connectivity index (χ2n) is 4.81. The van der Waals surface area contributed by atoms with E-state index in [9.17, 15) is 9.59 Å². The lowest BCUT2D eigenvalue weighted by Gasteiger charge is -2.19. The van der Waals surface area contributed by atoms with Crippen molar-refractivity contribution in [2.75, 3.05) is 0 Å². The molecule has 19 heavy (non-hydrogen) atoms. The number of amides is 2. The molecule has 0 spiro atoms. The maximum absolute atomic E-state index is 11.6. The van der Waals surface area contributed by atoms with Crippen molar-refractivity contribution in [3.63, 3.8) is 0 Å². The zero-order chi connectivity index (χ0) is 13.6. The Balaban J connectivity index is 2.06. The van der Waals surface area contributed by atoms with Crippen molar-refractivity contribution in [2.45, 2.75) is 19.9 Å². The molecule has 1 unspecified atom stereocenters. The summed E-state index contributed by atoms with van der Waals surface area (Å²) < 4.78 is 0. The zero-order valence-electron chi connectivity index (χ0n) is 10.3. The van der Waals surface area contributed by atoms with Crippen LogP contribution in [-0.4, -0.2) is 17.5 Å². The molecule has 2 N–H and O–H groups in total. The predicted octanol–water partition coefficient (Wildman–Crippen LogP) is 1.44. The lowest BCUT2D eigenvalue weighted by atomic mass is 9.92. The fourth-order valence-electron chi connectivity index (χ4n) is 2.47. The van der Waals surface area contributed by atoms with Gasteiger partial charge in [0.05, 0.1) is 16.3 Å². The third-order valence-corrected chi connectivity index (χ3v) is 3.69. The Morgan fingerprint density at radius 2 is 2.16 bits per heavy atom. The minimum atomic E-state index is -0.140. The summed E-state index contributed by atoms with van der Waals surface area (Å²) in [6.45, 7) is 2.43. The summed E-state index contributed by atoms with van der Waals surface area (Å²) >= 11 is 6.16. The van der Waals surface area contributed by atoms with Gasteiger partial charge in [-0.25, -0.2) is 5.43 Å². The fourth-order valence-corrected chi connectivity index (χ4v) is 2.80. The summed E-state index contributed by atoms with van der Waals surface area (Å²) in [5.41, 5.74) is 5.54. The fraction of sp³-hybridized carbons (Fsp3) is 0.308. The maximum atomic E-state index is 11.6. The van der Waals surface area contributed by atoms with Gasteiger partial charge < -0.3 is 5.32 Å². The van der Waals surface area contributed by atoms with Gasteiger partial charge in [-0.1, -0.05) is 18.5 Å². The maximum Gasteiger partial charge on any atom is 0.253 e. The number of fused-ring (bicyclic) bond motifs is 1. The van der Waals surface area contributed by atoms with Crippen LogP contribution in [-0.2, 0) is 11.3 Å². The molecule has 0 saturated heterocycles. The summed E-state index contributed by atoms with van der Waals surface area (Å²) in [5, 5.41) is 7.27. The van der Waals surface area contributed by atoms with Crippen LogP contribution in [0.2, 0.25) is 5.02 Å². The molecule has 0 saturated carbocycles. The molecule has 2 aliphatic rings. The largest absolute Gasteiger partial charge is 0.348 e. The Morgan fingerprint density at radius 1 is 1.37 bits per heavy atom. The Labute approximate surface area is 115 Å². The van der Waals surface area contributed by atoms with E-state index in [1.54, 1.807) is 6.07 Å². The molecule has 0 bridgehead atoms. The minimum Gasteiger partial charge on any atom is -0.348 e. The highest BCUT2D eigenvalue weighted by atomic mass is 35.5. The Morgan fingerprint density at radius 3 is 2.89 bits per heavy atom. The van der Waals surface area contributed by atoms with Gasteiger partial charge in [0.2, 0.25) is 5.91 Å². The molecule has 1 atom stereocenters. The van der Waals surface area contributed by atoms with Crippen molar-refractivity contribution in [2.24, 2.45) is 11.0 Å². The normalized spacial score (nSPS) is 21.6.